The van der Waals surface area contributed by atoms with Crippen molar-refractivity contribution in [2.24, 2.45) is 0 Å². The normalized spacial score (nSPS) is 43.0. The number of carboxylic acids is 2. The molecule has 4 aliphatic heterocycles. The number of aliphatic carboxylic acids is 2. The van der Waals surface area contributed by atoms with Gasteiger partial charge in [0.1, 0.15) is 0 Å². The van der Waals surface area contributed by atoms with E-state index in [2.05, 4.69) is 0 Å². The second-order valence-corrected chi connectivity index (χ2v) is 20.9. The first-order valence-corrected chi connectivity index (χ1v) is 17.8. The van der Waals surface area contributed by atoms with Gasteiger partial charge in [-0.3, -0.25) is 0 Å². The summed E-state index contributed by atoms with van der Waals surface area (Å²) in [6.07, 6.45) is -11.2. The molecular formula is C12H20O15Sb2. The predicted molar refractivity (Wildman–Crippen MR) is 86.1 cm³/mol. The van der Waals surface area contributed by atoms with Crippen LogP contribution in [0.15, 0.2) is 0 Å². The molecule has 15 nitrogen and oxygen atoms in total. The quantitative estimate of drug-likeness (QED) is 0.135. The molecule has 0 aliphatic carbocycles. The molecule has 0 aromatic heterocycles. The molecule has 0 radical (unpaired) electrons. The third-order valence-corrected chi connectivity index (χ3v) is 25.3. The van der Waals surface area contributed by atoms with Gasteiger partial charge in [0, 0.05) is 0 Å². The van der Waals surface area contributed by atoms with E-state index in [4.69, 9.17) is 29.6 Å². The first kappa shape index (κ1) is 22.3. The van der Waals surface area contributed by atoms with E-state index in [-0.39, 0.29) is 0 Å². The van der Waals surface area contributed by atoms with Crippen LogP contribution in [-0.4, -0.2) is 146 Å². The molecule has 4 aliphatic rings. The zero-order valence-electron chi connectivity index (χ0n) is 14.4. The molecular weight excluding hydrogens is 628 g/mol. The average Bonchev–Trinajstić information content (AvgIpc) is 3.42. The van der Waals surface area contributed by atoms with Crippen LogP contribution in [0.4, 0.5) is 0 Å². The van der Waals surface area contributed by atoms with Crippen molar-refractivity contribution < 1.29 is 59.6 Å². The van der Waals surface area contributed by atoms with Crippen LogP contribution in [0, 0.1) is 0 Å². The van der Waals surface area contributed by atoms with E-state index in [1.165, 1.54) is 0 Å². The van der Waals surface area contributed by atoms with Crippen molar-refractivity contribution in [3.8, 4) is 0 Å². The fraction of sp³-hybridized carbons (Fsp3) is 0.833. The Morgan fingerprint density at radius 1 is 0.759 bits per heavy atom. The molecule has 168 valence electrons. The number of aliphatic hydroxyl groups excluding tert-OH is 4. The Balaban J connectivity index is 1.59. The molecule has 4 saturated heterocycles. The van der Waals surface area contributed by atoms with E-state index in [1.807, 2.05) is 0 Å². The van der Waals surface area contributed by atoms with Crippen LogP contribution in [0.5, 0.6) is 0 Å². The van der Waals surface area contributed by atoms with Gasteiger partial charge in [-0.2, -0.15) is 0 Å². The zero-order valence-corrected chi connectivity index (χ0v) is 20.1. The molecule has 17 heteroatoms. The van der Waals surface area contributed by atoms with Gasteiger partial charge in [0.15, 0.2) is 0 Å². The Morgan fingerprint density at radius 2 is 1.14 bits per heavy atom. The van der Waals surface area contributed by atoms with Crippen LogP contribution in [-0.2, 0) is 29.0 Å². The van der Waals surface area contributed by atoms with Crippen LogP contribution in [0.3, 0.4) is 0 Å². The minimum atomic E-state index is -5.26. The van der Waals surface area contributed by atoms with Crippen LogP contribution in [0.25, 0.3) is 0 Å². The molecule has 0 aromatic carbocycles. The molecule has 4 fully saturated rings. The van der Waals surface area contributed by atoms with Gasteiger partial charge in [-0.05, 0) is 0 Å². The Morgan fingerprint density at radius 3 is 1.45 bits per heavy atom. The Hall–Kier alpha value is 0.136. The molecule has 0 spiro atoms. The second kappa shape index (κ2) is 7.92. The van der Waals surface area contributed by atoms with Crippen molar-refractivity contribution >= 4 is 52.9 Å². The standard InChI is InChI=1S/2C6H9O7.O.2Sb.2H/c2*7-1-2(8)3(9)4(10)5(11)6(12)13;;;;;/h2*2-5,7-8H,1H2,(H,12,13);;;;;/q2*-3;;2*+3;;. The number of rotatable bonds is 8. The van der Waals surface area contributed by atoms with E-state index < -0.39 is 115 Å². The van der Waals surface area contributed by atoms with Gasteiger partial charge < -0.3 is 0 Å². The molecule has 6 N–H and O–H groups in total. The van der Waals surface area contributed by atoms with Crippen molar-refractivity contribution in [2.45, 2.75) is 48.8 Å². The number of carbonyl (C=O) groups is 2. The third-order valence-electron chi connectivity index (χ3n) is 4.78. The summed E-state index contributed by atoms with van der Waals surface area (Å²) < 4.78 is 38.6. The first-order valence-electron chi connectivity index (χ1n) is 8.45. The molecule has 4 heterocycles. The van der Waals surface area contributed by atoms with Crippen molar-refractivity contribution in [3.05, 3.63) is 0 Å². The Kier molecular flexibility index (Phi) is 6.10. The Bertz CT molecular complexity index is 638. The topological polar surface area (TPSA) is 220 Å². The summed E-state index contributed by atoms with van der Waals surface area (Å²) in [5.74, 6) is -2.84. The van der Waals surface area contributed by atoms with E-state index in [0.717, 1.165) is 0 Å². The van der Waals surface area contributed by atoms with Crippen LogP contribution >= 0.6 is 0 Å². The molecule has 29 heavy (non-hydrogen) atoms. The van der Waals surface area contributed by atoms with Gasteiger partial charge >= 0.3 is 175 Å². The summed E-state index contributed by atoms with van der Waals surface area (Å²) >= 11 is -10.5. The molecule has 8 unspecified atom stereocenters. The molecule has 8 atom stereocenters. The summed E-state index contributed by atoms with van der Waals surface area (Å²) in [6, 6.07) is 0. The van der Waals surface area contributed by atoms with Gasteiger partial charge in [0.25, 0.3) is 0 Å². The fourth-order valence-corrected chi connectivity index (χ4v) is 27.6. The van der Waals surface area contributed by atoms with Crippen LogP contribution in [0.2, 0.25) is 0 Å². The summed E-state index contributed by atoms with van der Waals surface area (Å²) in [6.45, 7) is -1.49. The molecule has 4 bridgehead atoms. The van der Waals surface area contributed by atoms with Gasteiger partial charge in [-0.15, -0.1) is 0 Å². The van der Waals surface area contributed by atoms with Crippen molar-refractivity contribution in [2.75, 3.05) is 13.2 Å². The average molecular weight is 648 g/mol. The van der Waals surface area contributed by atoms with E-state index in [0.29, 0.717) is 0 Å². The molecule has 0 saturated carbocycles. The van der Waals surface area contributed by atoms with Gasteiger partial charge in [0.05, 0.1) is 0 Å². The molecule has 0 amide bonds. The second-order valence-electron chi connectivity index (χ2n) is 6.69. The molecule has 0 aromatic rings. The summed E-state index contributed by atoms with van der Waals surface area (Å²) in [4.78, 5) is 22.9. The number of fused-ring (bicyclic) bond motifs is 4. The van der Waals surface area contributed by atoms with Crippen LogP contribution in [0.1, 0.15) is 0 Å². The van der Waals surface area contributed by atoms with Crippen molar-refractivity contribution in [3.63, 3.8) is 0 Å². The number of carboxylic acid groups (broad SMARTS) is 2. The van der Waals surface area contributed by atoms with E-state index >= 15 is 0 Å². The fourth-order valence-electron chi connectivity index (χ4n) is 3.50. The third kappa shape index (κ3) is 3.69. The van der Waals surface area contributed by atoms with Gasteiger partial charge in [0.2, 0.25) is 0 Å². The van der Waals surface area contributed by atoms with Crippen molar-refractivity contribution in [1.82, 2.24) is 0 Å². The maximum atomic E-state index is 11.5. The first-order chi connectivity index (χ1) is 13.6. The SMILES string of the molecule is O=C(O)C1[O][SbH]2([O][SbH]34[O]C(C(=O)O)C([O]3)C(C(O)CO)[O]4)[O]C(C(O)CO)C1[O]2. The summed E-state index contributed by atoms with van der Waals surface area (Å²) in [5.41, 5.74) is 0. The number of hydrogen-bond acceptors (Lipinski definition) is 13. The zero-order chi connectivity index (χ0) is 21.1. The van der Waals surface area contributed by atoms with E-state index in [9.17, 15) is 30.0 Å². The number of aliphatic hydroxyl groups is 4. The molecule has 4 rings (SSSR count). The monoisotopic (exact) mass is 646 g/mol. The van der Waals surface area contributed by atoms with Gasteiger partial charge in [-0.1, -0.05) is 0 Å². The number of hydrogen-bond donors (Lipinski definition) is 6. The van der Waals surface area contributed by atoms with Gasteiger partial charge in [-0.25, -0.2) is 0 Å². The summed E-state index contributed by atoms with van der Waals surface area (Å²) in [7, 11) is 0. The predicted octanol–water partition coefficient (Wildman–Crippen LogP) is -5.42. The van der Waals surface area contributed by atoms with Crippen LogP contribution < -0.4 is 0 Å². The van der Waals surface area contributed by atoms with Crippen molar-refractivity contribution in [1.29, 1.82) is 0 Å². The Labute approximate surface area is 174 Å². The summed E-state index contributed by atoms with van der Waals surface area (Å²) in [5, 5.41) is 56.8. The maximum absolute atomic E-state index is 11.5. The minimum absolute atomic E-state index is 0.745. The van der Waals surface area contributed by atoms with E-state index in [1.54, 1.807) is 0 Å².